The largest absolute Gasteiger partial charge is 0.494 e. The van der Waals surface area contributed by atoms with E-state index in [0.29, 0.717) is 24.5 Å². The van der Waals surface area contributed by atoms with E-state index in [0.717, 1.165) is 69.5 Å². The van der Waals surface area contributed by atoms with Crippen LogP contribution in [0.1, 0.15) is 70.9 Å². The first-order chi connectivity index (χ1) is 16.1. The molecule has 1 amide bonds. The van der Waals surface area contributed by atoms with E-state index < -0.39 is 6.04 Å². The van der Waals surface area contributed by atoms with Gasteiger partial charge in [0.1, 0.15) is 11.9 Å². The van der Waals surface area contributed by atoms with Gasteiger partial charge in [-0.05, 0) is 69.4 Å². The molecule has 0 aromatic heterocycles. The lowest BCUT2D eigenvalue weighted by Crippen LogP contribution is -2.39. The topological polar surface area (TPSA) is 59.1 Å². The van der Waals surface area contributed by atoms with Gasteiger partial charge in [0, 0.05) is 6.54 Å². The summed E-state index contributed by atoms with van der Waals surface area (Å²) in [7, 11) is 0. The van der Waals surface area contributed by atoms with Crippen LogP contribution in [0.5, 0.6) is 5.75 Å². The second-order valence-electron chi connectivity index (χ2n) is 9.36. The van der Waals surface area contributed by atoms with Crippen molar-refractivity contribution in [2.75, 3.05) is 32.8 Å². The van der Waals surface area contributed by atoms with Crippen molar-refractivity contribution in [1.82, 2.24) is 9.80 Å². The summed E-state index contributed by atoms with van der Waals surface area (Å²) in [5.41, 5.74) is 1.50. The van der Waals surface area contributed by atoms with Gasteiger partial charge >= 0.3 is 0 Å². The summed E-state index contributed by atoms with van der Waals surface area (Å²) in [6.45, 7) is 10.5. The number of ketones is 1. The SMILES string of the molecule is CCCOc1cccc(C2C3=C(OC4CCCCC4C3=O)C(=O)N2CCCN(CC)CC)c1. The molecule has 1 aromatic carbocycles. The third kappa shape index (κ3) is 4.81. The van der Waals surface area contributed by atoms with Crippen molar-refractivity contribution in [3.63, 3.8) is 0 Å². The maximum atomic E-state index is 13.7. The first-order valence-electron chi connectivity index (χ1n) is 12.8. The molecular formula is C27H38N2O4. The number of hydrogen-bond acceptors (Lipinski definition) is 5. The number of fused-ring (bicyclic) bond motifs is 1. The minimum atomic E-state index is -0.398. The van der Waals surface area contributed by atoms with Crippen LogP contribution in [0.2, 0.25) is 0 Å². The Hall–Kier alpha value is -2.34. The van der Waals surface area contributed by atoms with E-state index in [1.165, 1.54) is 0 Å². The van der Waals surface area contributed by atoms with E-state index in [4.69, 9.17) is 9.47 Å². The second kappa shape index (κ2) is 10.7. The van der Waals surface area contributed by atoms with E-state index in [1.807, 2.05) is 29.2 Å². The zero-order chi connectivity index (χ0) is 23.4. The van der Waals surface area contributed by atoms with E-state index in [-0.39, 0.29) is 23.7 Å². The third-order valence-corrected chi connectivity index (χ3v) is 7.27. The molecule has 0 bridgehead atoms. The van der Waals surface area contributed by atoms with Crippen LogP contribution in [0, 0.1) is 5.92 Å². The molecule has 33 heavy (non-hydrogen) atoms. The van der Waals surface area contributed by atoms with E-state index in [1.54, 1.807) is 0 Å². The van der Waals surface area contributed by atoms with Crippen molar-refractivity contribution in [2.24, 2.45) is 5.92 Å². The fraction of sp³-hybridized carbons (Fsp3) is 0.630. The number of Topliss-reactive ketones (excluding diaryl/α,β-unsaturated/α-hetero) is 1. The Balaban J connectivity index is 1.65. The van der Waals surface area contributed by atoms with Gasteiger partial charge in [-0.2, -0.15) is 0 Å². The van der Waals surface area contributed by atoms with Crippen LogP contribution in [0.3, 0.4) is 0 Å². The number of amides is 1. The molecule has 3 atom stereocenters. The van der Waals surface area contributed by atoms with Crippen LogP contribution >= 0.6 is 0 Å². The Labute approximate surface area is 197 Å². The number of ether oxygens (including phenoxy) is 2. The van der Waals surface area contributed by atoms with Gasteiger partial charge < -0.3 is 19.3 Å². The molecule has 0 saturated heterocycles. The summed E-state index contributed by atoms with van der Waals surface area (Å²) >= 11 is 0. The first kappa shape index (κ1) is 23.8. The van der Waals surface area contributed by atoms with Crippen LogP contribution in [0.25, 0.3) is 0 Å². The monoisotopic (exact) mass is 454 g/mol. The molecule has 4 rings (SSSR count). The molecule has 2 heterocycles. The van der Waals surface area contributed by atoms with Gasteiger partial charge in [-0.3, -0.25) is 9.59 Å². The van der Waals surface area contributed by atoms with Crippen LogP contribution in [-0.2, 0) is 14.3 Å². The van der Waals surface area contributed by atoms with Crippen molar-refractivity contribution in [3.05, 3.63) is 41.2 Å². The summed E-state index contributed by atoms with van der Waals surface area (Å²) in [6.07, 6.45) is 5.44. The number of benzene rings is 1. The minimum Gasteiger partial charge on any atom is -0.494 e. The van der Waals surface area contributed by atoms with Crippen molar-refractivity contribution in [3.8, 4) is 5.75 Å². The van der Waals surface area contributed by atoms with E-state index >= 15 is 0 Å². The number of carbonyl (C=O) groups is 2. The summed E-state index contributed by atoms with van der Waals surface area (Å²) in [4.78, 5) is 31.5. The zero-order valence-electron chi connectivity index (χ0n) is 20.3. The molecule has 3 unspecified atom stereocenters. The lowest BCUT2D eigenvalue weighted by Gasteiger charge is -2.35. The second-order valence-corrected chi connectivity index (χ2v) is 9.36. The number of hydrogen-bond donors (Lipinski definition) is 0. The lowest BCUT2D eigenvalue weighted by molar-refractivity contribution is -0.135. The van der Waals surface area contributed by atoms with Crippen LogP contribution in [-0.4, -0.2) is 60.4 Å². The summed E-state index contributed by atoms with van der Waals surface area (Å²) in [6, 6.07) is 7.48. The van der Waals surface area contributed by atoms with Gasteiger partial charge in [0.2, 0.25) is 0 Å². The van der Waals surface area contributed by atoms with Crippen molar-refractivity contribution >= 4 is 11.7 Å². The average Bonchev–Trinajstić information content (AvgIpc) is 3.12. The molecule has 1 aromatic rings. The predicted octanol–water partition coefficient (Wildman–Crippen LogP) is 4.50. The molecule has 6 heteroatoms. The molecule has 2 aliphatic heterocycles. The molecule has 0 spiro atoms. The summed E-state index contributed by atoms with van der Waals surface area (Å²) in [5.74, 6) is 0.940. The van der Waals surface area contributed by atoms with Crippen LogP contribution in [0.4, 0.5) is 0 Å². The summed E-state index contributed by atoms with van der Waals surface area (Å²) in [5, 5.41) is 0. The van der Waals surface area contributed by atoms with Crippen LogP contribution in [0.15, 0.2) is 35.6 Å². The summed E-state index contributed by atoms with van der Waals surface area (Å²) < 4.78 is 12.1. The highest BCUT2D eigenvalue weighted by Crippen LogP contribution is 2.47. The van der Waals surface area contributed by atoms with Crippen LogP contribution < -0.4 is 4.74 Å². The highest BCUT2D eigenvalue weighted by Gasteiger charge is 2.51. The standard InChI is InChI=1S/C27H38N2O4/c1-4-17-32-20-12-9-11-19(18-20)24-23-25(30)21-13-7-8-14-22(21)33-26(23)27(31)29(24)16-10-15-28(5-2)6-3/h9,11-12,18,21-22,24H,4-8,10,13-17H2,1-3H3. The molecule has 0 N–H and O–H groups in total. The highest BCUT2D eigenvalue weighted by molar-refractivity contribution is 6.11. The Morgan fingerprint density at radius 3 is 2.67 bits per heavy atom. The first-order valence-corrected chi connectivity index (χ1v) is 12.8. The van der Waals surface area contributed by atoms with Gasteiger partial charge in [0.25, 0.3) is 5.91 Å². The number of nitrogens with zero attached hydrogens (tertiary/aromatic N) is 2. The zero-order valence-corrected chi connectivity index (χ0v) is 20.3. The minimum absolute atomic E-state index is 0.116. The molecule has 180 valence electrons. The molecule has 1 aliphatic carbocycles. The normalized spacial score (nSPS) is 24.7. The van der Waals surface area contributed by atoms with Gasteiger partial charge in [0.15, 0.2) is 11.5 Å². The van der Waals surface area contributed by atoms with Gasteiger partial charge in [-0.1, -0.05) is 39.3 Å². The molecule has 0 radical (unpaired) electrons. The maximum absolute atomic E-state index is 13.7. The lowest BCUT2D eigenvalue weighted by atomic mass is 9.77. The Kier molecular flexibility index (Phi) is 7.74. The third-order valence-electron chi connectivity index (χ3n) is 7.27. The molecule has 1 saturated carbocycles. The molecule has 6 nitrogen and oxygen atoms in total. The Bertz CT molecular complexity index is 892. The van der Waals surface area contributed by atoms with Crippen molar-refractivity contribution in [2.45, 2.75) is 71.4 Å². The van der Waals surface area contributed by atoms with Crippen molar-refractivity contribution < 1.29 is 19.1 Å². The van der Waals surface area contributed by atoms with E-state index in [9.17, 15) is 9.59 Å². The predicted molar refractivity (Wildman–Crippen MR) is 128 cm³/mol. The fourth-order valence-corrected chi connectivity index (χ4v) is 5.47. The Morgan fingerprint density at radius 1 is 1.12 bits per heavy atom. The average molecular weight is 455 g/mol. The Morgan fingerprint density at radius 2 is 1.91 bits per heavy atom. The number of rotatable bonds is 10. The fourth-order valence-electron chi connectivity index (χ4n) is 5.47. The quantitative estimate of drug-likeness (QED) is 0.521. The molecular weight excluding hydrogens is 416 g/mol. The van der Waals surface area contributed by atoms with Gasteiger partial charge in [-0.15, -0.1) is 0 Å². The highest BCUT2D eigenvalue weighted by atomic mass is 16.5. The van der Waals surface area contributed by atoms with Gasteiger partial charge in [0.05, 0.1) is 24.1 Å². The van der Waals surface area contributed by atoms with Crippen molar-refractivity contribution in [1.29, 1.82) is 0 Å². The molecule has 1 fully saturated rings. The van der Waals surface area contributed by atoms with E-state index in [2.05, 4.69) is 25.7 Å². The van der Waals surface area contributed by atoms with Gasteiger partial charge in [-0.25, -0.2) is 0 Å². The maximum Gasteiger partial charge on any atom is 0.290 e. The smallest absolute Gasteiger partial charge is 0.290 e. The number of carbonyl (C=O) groups excluding carboxylic acids is 2. The molecule has 3 aliphatic rings.